The highest BCUT2D eigenvalue weighted by Gasteiger charge is 2.12. The van der Waals surface area contributed by atoms with Crippen LogP contribution in [0.4, 0.5) is 13.2 Å². The van der Waals surface area contributed by atoms with Gasteiger partial charge in [0.2, 0.25) is 5.95 Å². The van der Waals surface area contributed by atoms with Crippen molar-refractivity contribution >= 4 is 0 Å². The Kier molecular flexibility index (Phi) is 2.12. The zero-order valence-electron chi connectivity index (χ0n) is 5.81. The number of nitrogens with zero attached hydrogens (tertiary/aromatic N) is 1. The summed E-state index contributed by atoms with van der Waals surface area (Å²) in [5.41, 5.74) is -0.375. The number of hydrogen-bond donors (Lipinski definition) is 0. The van der Waals surface area contributed by atoms with E-state index in [1.807, 2.05) is 0 Å². The van der Waals surface area contributed by atoms with E-state index in [1.165, 1.54) is 6.92 Å². The zero-order chi connectivity index (χ0) is 8.43. The van der Waals surface area contributed by atoms with E-state index in [2.05, 4.69) is 4.98 Å². The van der Waals surface area contributed by atoms with Crippen LogP contribution in [0.2, 0.25) is 0 Å². The largest absolute Gasteiger partial charge is 0.264 e. The van der Waals surface area contributed by atoms with Crippen LogP contribution >= 0.6 is 0 Å². The van der Waals surface area contributed by atoms with Crippen molar-refractivity contribution in [3.63, 3.8) is 0 Å². The molecule has 1 rings (SSSR count). The lowest BCUT2D eigenvalue weighted by molar-refractivity contribution is 0.150. The van der Waals surface area contributed by atoms with Crippen LogP contribution in [-0.4, -0.2) is 4.98 Å². The van der Waals surface area contributed by atoms with Gasteiger partial charge in [-0.15, -0.1) is 0 Å². The van der Waals surface area contributed by atoms with Gasteiger partial charge in [-0.3, -0.25) is 0 Å². The quantitative estimate of drug-likeness (QED) is 0.576. The second-order valence-electron chi connectivity index (χ2n) is 2.12. The molecule has 0 atom stereocenters. The second-order valence-corrected chi connectivity index (χ2v) is 2.12. The van der Waals surface area contributed by atoms with Crippen molar-refractivity contribution in [2.45, 2.75) is 13.3 Å². The third kappa shape index (κ3) is 1.50. The standard InChI is InChI=1S/C7H6F3N/c1-4-5(6(8)9)2-3-11-7(4)10/h2-3,6H,1H3. The monoisotopic (exact) mass is 161 g/mol. The van der Waals surface area contributed by atoms with Crippen molar-refractivity contribution in [2.24, 2.45) is 0 Å². The van der Waals surface area contributed by atoms with Crippen molar-refractivity contribution in [3.05, 3.63) is 29.3 Å². The number of alkyl halides is 2. The Hall–Kier alpha value is -1.06. The van der Waals surface area contributed by atoms with Crippen molar-refractivity contribution < 1.29 is 13.2 Å². The molecule has 0 aliphatic heterocycles. The fraction of sp³-hybridized carbons (Fsp3) is 0.286. The molecule has 1 nitrogen and oxygen atoms in total. The van der Waals surface area contributed by atoms with Crippen LogP contribution in [0.1, 0.15) is 17.6 Å². The molecule has 0 fully saturated rings. The number of rotatable bonds is 1. The van der Waals surface area contributed by atoms with Gasteiger partial charge in [0.25, 0.3) is 6.43 Å². The Balaban J connectivity index is 3.17. The Morgan fingerprint density at radius 2 is 2.09 bits per heavy atom. The summed E-state index contributed by atoms with van der Waals surface area (Å²) in [5, 5.41) is 0. The second kappa shape index (κ2) is 2.90. The maximum Gasteiger partial charge on any atom is 0.264 e. The highest BCUT2D eigenvalue weighted by Crippen LogP contribution is 2.22. The third-order valence-corrected chi connectivity index (χ3v) is 1.42. The normalized spacial score (nSPS) is 10.6. The molecule has 0 unspecified atom stereocenters. The lowest BCUT2D eigenvalue weighted by atomic mass is 10.2. The number of aromatic nitrogens is 1. The summed E-state index contributed by atoms with van der Waals surface area (Å²) in [4.78, 5) is 3.22. The molecule has 1 aromatic heterocycles. The van der Waals surface area contributed by atoms with E-state index in [0.29, 0.717) is 0 Å². The van der Waals surface area contributed by atoms with Gasteiger partial charge in [0.15, 0.2) is 0 Å². The average Bonchev–Trinajstić information content (AvgIpc) is 1.94. The summed E-state index contributed by atoms with van der Waals surface area (Å²) in [6, 6.07) is 1.11. The first-order valence-corrected chi connectivity index (χ1v) is 3.02. The van der Waals surface area contributed by atoms with Crippen LogP contribution in [0.3, 0.4) is 0 Å². The van der Waals surface area contributed by atoms with Gasteiger partial charge in [0.1, 0.15) is 0 Å². The predicted molar refractivity (Wildman–Crippen MR) is 33.9 cm³/mol. The topological polar surface area (TPSA) is 12.9 Å². The van der Waals surface area contributed by atoms with E-state index in [0.717, 1.165) is 12.3 Å². The van der Waals surface area contributed by atoms with Gasteiger partial charge < -0.3 is 0 Å². The molecule has 0 saturated carbocycles. The molecular formula is C7H6F3N. The predicted octanol–water partition coefficient (Wildman–Crippen LogP) is 2.47. The first kappa shape index (κ1) is 8.04. The van der Waals surface area contributed by atoms with Gasteiger partial charge in [-0.2, -0.15) is 4.39 Å². The van der Waals surface area contributed by atoms with Crippen molar-refractivity contribution in [3.8, 4) is 0 Å². The number of hydrogen-bond acceptors (Lipinski definition) is 1. The van der Waals surface area contributed by atoms with Crippen LogP contribution in [0.5, 0.6) is 0 Å². The van der Waals surface area contributed by atoms with Crippen LogP contribution in [0.15, 0.2) is 12.3 Å². The number of pyridine rings is 1. The fourth-order valence-corrected chi connectivity index (χ4v) is 0.760. The van der Waals surface area contributed by atoms with Gasteiger partial charge in [-0.1, -0.05) is 0 Å². The minimum absolute atomic E-state index is 0.0810. The molecule has 0 aromatic carbocycles. The van der Waals surface area contributed by atoms with Crippen LogP contribution in [-0.2, 0) is 0 Å². The van der Waals surface area contributed by atoms with Gasteiger partial charge in [-0.05, 0) is 13.0 Å². The van der Waals surface area contributed by atoms with E-state index >= 15 is 0 Å². The van der Waals surface area contributed by atoms with Crippen LogP contribution in [0.25, 0.3) is 0 Å². The molecule has 0 saturated heterocycles. The fourth-order valence-electron chi connectivity index (χ4n) is 0.760. The lowest BCUT2D eigenvalue weighted by Gasteiger charge is -2.02. The van der Waals surface area contributed by atoms with Crippen molar-refractivity contribution in [1.29, 1.82) is 0 Å². The van der Waals surface area contributed by atoms with Crippen molar-refractivity contribution in [1.82, 2.24) is 4.98 Å². The molecule has 60 valence electrons. The Labute approximate surface area is 61.9 Å². The molecular weight excluding hydrogens is 155 g/mol. The van der Waals surface area contributed by atoms with Gasteiger partial charge in [0, 0.05) is 17.3 Å². The summed E-state index contributed by atoms with van der Waals surface area (Å²) in [7, 11) is 0. The summed E-state index contributed by atoms with van der Waals surface area (Å²) >= 11 is 0. The SMILES string of the molecule is Cc1c(C(F)F)ccnc1F. The van der Waals surface area contributed by atoms with E-state index in [-0.39, 0.29) is 11.1 Å². The molecule has 0 bridgehead atoms. The summed E-state index contributed by atoms with van der Waals surface area (Å²) < 4.78 is 36.5. The first-order valence-electron chi connectivity index (χ1n) is 3.02. The Morgan fingerprint density at radius 3 is 2.55 bits per heavy atom. The lowest BCUT2D eigenvalue weighted by Crippen LogP contribution is -1.95. The zero-order valence-corrected chi connectivity index (χ0v) is 5.81. The molecule has 11 heavy (non-hydrogen) atoms. The van der Waals surface area contributed by atoms with E-state index in [1.54, 1.807) is 0 Å². The molecule has 1 aromatic rings. The number of halogens is 3. The highest BCUT2D eigenvalue weighted by molar-refractivity contribution is 5.23. The van der Waals surface area contributed by atoms with Crippen LogP contribution in [0, 0.1) is 12.9 Å². The molecule has 0 amide bonds. The van der Waals surface area contributed by atoms with E-state index < -0.39 is 12.4 Å². The maximum atomic E-state index is 12.5. The molecule has 0 aliphatic rings. The highest BCUT2D eigenvalue weighted by atomic mass is 19.3. The smallest absolute Gasteiger partial charge is 0.228 e. The molecule has 0 spiro atoms. The first-order chi connectivity index (χ1) is 5.13. The summed E-state index contributed by atoms with van der Waals surface area (Å²) in [5.74, 6) is -0.831. The summed E-state index contributed by atoms with van der Waals surface area (Å²) in [6.07, 6.45) is -1.60. The Morgan fingerprint density at radius 1 is 1.45 bits per heavy atom. The average molecular weight is 161 g/mol. The Bertz CT molecular complexity index is 260. The van der Waals surface area contributed by atoms with Gasteiger partial charge in [-0.25, -0.2) is 13.8 Å². The van der Waals surface area contributed by atoms with Gasteiger partial charge >= 0.3 is 0 Å². The summed E-state index contributed by atoms with van der Waals surface area (Å²) in [6.45, 7) is 1.28. The minimum atomic E-state index is -2.63. The van der Waals surface area contributed by atoms with E-state index in [9.17, 15) is 13.2 Å². The third-order valence-electron chi connectivity index (χ3n) is 1.42. The van der Waals surface area contributed by atoms with E-state index in [4.69, 9.17) is 0 Å². The maximum absolute atomic E-state index is 12.5. The molecule has 0 aliphatic carbocycles. The van der Waals surface area contributed by atoms with Crippen molar-refractivity contribution in [2.75, 3.05) is 0 Å². The van der Waals surface area contributed by atoms with Gasteiger partial charge in [0.05, 0.1) is 0 Å². The molecule has 0 N–H and O–H groups in total. The molecule has 4 heteroatoms. The van der Waals surface area contributed by atoms with Crippen LogP contribution < -0.4 is 0 Å². The molecule has 0 radical (unpaired) electrons. The molecule has 1 heterocycles. The minimum Gasteiger partial charge on any atom is -0.228 e.